The molecule has 0 saturated carbocycles. The average molecular weight is 258 g/mol. The number of carbonyl (C=O) groups is 2. The molecule has 5 nitrogen and oxygen atoms in total. The number of carbonyl (C=O) groups excluding carboxylic acids is 2. The lowest BCUT2D eigenvalue weighted by Crippen LogP contribution is -2.36. The number of benzene rings is 1. The molecule has 2 rings (SSSR count). The molecule has 98 valence electrons. The molecule has 1 heterocycles. The van der Waals surface area contributed by atoms with E-state index in [1.165, 1.54) is 12.5 Å². The van der Waals surface area contributed by atoms with E-state index in [4.69, 9.17) is 4.42 Å². The highest BCUT2D eigenvalue weighted by molar-refractivity contribution is 5.97. The second kappa shape index (κ2) is 6.49. The van der Waals surface area contributed by atoms with Crippen molar-refractivity contribution in [2.45, 2.75) is 18.9 Å². The lowest BCUT2D eigenvalue weighted by atomic mass is 10.0. The highest BCUT2D eigenvalue weighted by Crippen LogP contribution is 2.09. The first-order valence-corrected chi connectivity index (χ1v) is 5.98. The van der Waals surface area contributed by atoms with E-state index in [0.29, 0.717) is 19.3 Å². The monoisotopic (exact) mass is 258 g/mol. The van der Waals surface area contributed by atoms with Crippen LogP contribution in [0.4, 0.5) is 0 Å². The molecule has 1 amide bonds. The number of aryl methyl sites for hydroxylation is 1. The summed E-state index contributed by atoms with van der Waals surface area (Å²) >= 11 is 0. The van der Waals surface area contributed by atoms with Crippen LogP contribution in [0.15, 0.2) is 47.2 Å². The van der Waals surface area contributed by atoms with Gasteiger partial charge >= 0.3 is 0 Å². The molecule has 1 aromatic heterocycles. The van der Waals surface area contributed by atoms with Crippen LogP contribution in [0.3, 0.4) is 0 Å². The number of nitrogens with one attached hydrogen (secondary N) is 1. The van der Waals surface area contributed by atoms with E-state index in [1.807, 2.05) is 30.3 Å². The standard InChI is InChI=1S/C14H14N2O3/c17-10-16-12(13(18)14-15-8-9-19-14)7-6-11-4-2-1-3-5-11/h1-5,8-10,12H,6-7H2,(H,16,17)/t12-/m0/s1. The highest BCUT2D eigenvalue weighted by atomic mass is 16.3. The molecule has 2 aromatic rings. The Morgan fingerprint density at radius 3 is 2.79 bits per heavy atom. The molecule has 1 aromatic carbocycles. The summed E-state index contributed by atoms with van der Waals surface area (Å²) in [5.74, 6) is -0.291. The van der Waals surface area contributed by atoms with Gasteiger partial charge in [-0.15, -0.1) is 0 Å². The second-order valence-corrected chi connectivity index (χ2v) is 4.06. The minimum absolute atomic E-state index is 0.0208. The van der Waals surface area contributed by atoms with Crippen molar-refractivity contribution in [1.29, 1.82) is 0 Å². The number of nitrogens with zero attached hydrogens (tertiary/aromatic N) is 1. The van der Waals surface area contributed by atoms with Gasteiger partial charge in [0, 0.05) is 0 Å². The predicted molar refractivity (Wildman–Crippen MR) is 68.6 cm³/mol. The van der Waals surface area contributed by atoms with E-state index in [2.05, 4.69) is 10.3 Å². The summed E-state index contributed by atoms with van der Waals surface area (Å²) in [4.78, 5) is 26.4. The van der Waals surface area contributed by atoms with Crippen molar-refractivity contribution in [3.05, 3.63) is 54.2 Å². The van der Waals surface area contributed by atoms with Crippen LogP contribution in [0.2, 0.25) is 0 Å². The Hall–Kier alpha value is -2.43. The highest BCUT2D eigenvalue weighted by Gasteiger charge is 2.22. The minimum atomic E-state index is -0.614. The van der Waals surface area contributed by atoms with E-state index in [9.17, 15) is 9.59 Å². The van der Waals surface area contributed by atoms with E-state index in [0.717, 1.165) is 5.56 Å². The zero-order valence-electron chi connectivity index (χ0n) is 10.3. The summed E-state index contributed by atoms with van der Waals surface area (Å²) in [6, 6.07) is 9.15. The predicted octanol–water partition coefficient (Wildman–Crippen LogP) is 1.60. The van der Waals surface area contributed by atoms with Gasteiger partial charge in [-0.05, 0) is 18.4 Å². The number of hydrogen-bond donors (Lipinski definition) is 1. The van der Waals surface area contributed by atoms with Crippen molar-refractivity contribution in [3.8, 4) is 0 Å². The number of Topliss-reactive ketones (excluding diaryl/α,β-unsaturated/α-hetero) is 1. The first-order valence-electron chi connectivity index (χ1n) is 5.98. The third-order valence-electron chi connectivity index (χ3n) is 2.79. The van der Waals surface area contributed by atoms with Crippen LogP contribution >= 0.6 is 0 Å². The third-order valence-corrected chi connectivity index (χ3v) is 2.79. The van der Waals surface area contributed by atoms with Gasteiger partial charge in [0.25, 0.3) is 5.89 Å². The topological polar surface area (TPSA) is 72.2 Å². The zero-order chi connectivity index (χ0) is 13.5. The van der Waals surface area contributed by atoms with Gasteiger partial charge < -0.3 is 9.73 Å². The molecule has 0 spiro atoms. The van der Waals surface area contributed by atoms with Gasteiger partial charge in [-0.1, -0.05) is 30.3 Å². The minimum Gasteiger partial charge on any atom is -0.442 e. The molecule has 0 fully saturated rings. The van der Waals surface area contributed by atoms with Crippen LogP contribution in [0.5, 0.6) is 0 Å². The first kappa shape index (κ1) is 13.0. The molecule has 1 N–H and O–H groups in total. The van der Waals surface area contributed by atoms with Gasteiger partial charge in [0.1, 0.15) is 6.26 Å². The van der Waals surface area contributed by atoms with Crippen LogP contribution in [0, 0.1) is 0 Å². The molecule has 0 saturated heterocycles. The van der Waals surface area contributed by atoms with Gasteiger partial charge in [0.2, 0.25) is 12.2 Å². The first-order chi connectivity index (χ1) is 9.31. The van der Waals surface area contributed by atoms with E-state index < -0.39 is 6.04 Å². The van der Waals surface area contributed by atoms with Crippen LogP contribution in [0.1, 0.15) is 22.7 Å². The lowest BCUT2D eigenvalue weighted by Gasteiger charge is -2.12. The SMILES string of the molecule is O=CN[C@@H](CCc1ccccc1)C(=O)c1ncco1. The average Bonchev–Trinajstić information content (AvgIpc) is 2.98. The molecule has 0 unspecified atom stereocenters. The fourth-order valence-electron chi connectivity index (χ4n) is 1.82. The van der Waals surface area contributed by atoms with Crippen molar-refractivity contribution >= 4 is 12.2 Å². The quantitative estimate of drug-likeness (QED) is 0.605. The third kappa shape index (κ3) is 3.51. The van der Waals surface area contributed by atoms with Gasteiger partial charge in [0.05, 0.1) is 12.2 Å². The number of rotatable bonds is 7. The fourth-order valence-corrected chi connectivity index (χ4v) is 1.82. The van der Waals surface area contributed by atoms with Gasteiger partial charge in [-0.2, -0.15) is 0 Å². The zero-order valence-corrected chi connectivity index (χ0v) is 10.3. The van der Waals surface area contributed by atoms with Crippen LogP contribution in [0.25, 0.3) is 0 Å². The number of ketones is 1. The molecule has 0 aliphatic heterocycles. The molecular formula is C14H14N2O3. The molecule has 0 bridgehead atoms. The summed E-state index contributed by atoms with van der Waals surface area (Å²) < 4.78 is 4.96. The van der Waals surface area contributed by atoms with Crippen molar-refractivity contribution < 1.29 is 14.0 Å². The Balaban J connectivity index is 2.00. The Morgan fingerprint density at radius 2 is 2.16 bits per heavy atom. The van der Waals surface area contributed by atoms with E-state index >= 15 is 0 Å². The second-order valence-electron chi connectivity index (χ2n) is 4.06. The normalized spacial score (nSPS) is 11.8. The largest absolute Gasteiger partial charge is 0.442 e. The smallest absolute Gasteiger partial charge is 0.265 e. The molecule has 0 aliphatic carbocycles. The van der Waals surface area contributed by atoms with Crippen LogP contribution in [-0.4, -0.2) is 23.2 Å². The van der Waals surface area contributed by atoms with Gasteiger partial charge in [-0.25, -0.2) is 4.98 Å². The number of hydrogen-bond acceptors (Lipinski definition) is 4. The van der Waals surface area contributed by atoms with Crippen molar-refractivity contribution in [2.75, 3.05) is 0 Å². The molecule has 19 heavy (non-hydrogen) atoms. The van der Waals surface area contributed by atoms with Crippen molar-refractivity contribution in [2.24, 2.45) is 0 Å². The molecular weight excluding hydrogens is 244 g/mol. The summed E-state index contributed by atoms with van der Waals surface area (Å²) in [6.45, 7) is 0. The Kier molecular flexibility index (Phi) is 4.44. The van der Waals surface area contributed by atoms with Crippen molar-refractivity contribution in [1.82, 2.24) is 10.3 Å². The van der Waals surface area contributed by atoms with Crippen LogP contribution in [-0.2, 0) is 11.2 Å². The van der Waals surface area contributed by atoms with E-state index in [1.54, 1.807) is 0 Å². The molecule has 1 atom stereocenters. The summed E-state index contributed by atoms with van der Waals surface area (Å²) in [5.41, 5.74) is 1.11. The van der Waals surface area contributed by atoms with E-state index in [-0.39, 0.29) is 11.7 Å². The lowest BCUT2D eigenvalue weighted by molar-refractivity contribution is -0.110. The Bertz CT molecular complexity index is 523. The summed E-state index contributed by atoms with van der Waals surface area (Å²) in [5, 5.41) is 2.51. The summed E-state index contributed by atoms with van der Waals surface area (Å²) in [6.07, 6.45) is 4.46. The number of amides is 1. The number of oxazole rings is 1. The maximum absolute atomic E-state index is 12.0. The molecule has 5 heteroatoms. The maximum atomic E-state index is 12.0. The Morgan fingerprint density at radius 1 is 1.37 bits per heavy atom. The molecule has 0 aliphatic rings. The van der Waals surface area contributed by atoms with Gasteiger partial charge in [-0.3, -0.25) is 9.59 Å². The maximum Gasteiger partial charge on any atom is 0.265 e. The molecule has 0 radical (unpaired) electrons. The van der Waals surface area contributed by atoms with Crippen molar-refractivity contribution in [3.63, 3.8) is 0 Å². The fraction of sp³-hybridized carbons (Fsp3) is 0.214. The van der Waals surface area contributed by atoms with Crippen LogP contribution < -0.4 is 5.32 Å². The summed E-state index contributed by atoms with van der Waals surface area (Å²) in [7, 11) is 0. The Labute approximate surface area is 110 Å². The number of aromatic nitrogens is 1. The van der Waals surface area contributed by atoms with Gasteiger partial charge in [0.15, 0.2) is 0 Å².